The molecule has 1 heterocycles. The van der Waals surface area contributed by atoms with Crippen molar-refractivity contribution in [3.63, 3.8) is 0 Å². The molecule has 1 saturated heterocycles. The maximum atomic E-state index is 10.9. The minimum Gasteiger partial charge on any atom is -0.480 e. The molecule has 146 valence electrons. The molecule has 0 aliphatic carbocycles. The number of likely N-dealkylation sites (tertiary alicyclic amines) is 1. The van der Waals surface area contributed by atoms with Gasteiger partial charge in [0.05, 0.1) is 6.54 Å². The first-order valence-electron chi connectivity index (χ1n) is 9.62. The van der Waals surface area contributed by atoms with Crippen LogP contribution in [0.4, 0.5) is 0 Å². The van der Waals surface area contributed by atoms with E-state index in [1.54, 1.807) is 0 Å². The molecule has 0 unspecified atom stereocenters. The van der Waals surface area contributed by atoms with Gasteiger partial charge in [0, 0.05) is 25.7 Å². The Morgan fingerprint density at radius 3 is 2.38 bits per heavy atom. The summed E-state index contributed by atoms with van der Waals surface area (Å²) in [4.78, 5) is 17.8. The third-order valence-electron chi connectivity index (χ3n) is 5.21. The second-order valence-corrected chi connectivity index (χ2v) is 8.64. The van der Waals surface area contributed by atoms with Gasteiger partial charge < -0.3 is 14.9 Å². The monoisotopic (exact) mass is 361 g/mol. The van der Waals surface area contributed by atoms with Crippen molar-refractivity contribution < 1.29 is 9.90 Å². The molecular formula is C21H35N3O2. The molecule has 0 amide bonds. The van der Waals surface area contributed by atoms with Crippen LogP contribution in [0.15, 0.2) is 30.3 Å². The summed E-state index contributed by atoms with van der Waals surface area (Å²) in [5.74, 6) is -0.738. The van der Waals surface area contributed by atoms with Crippen LogP contribution in [0.25, 0.3) is 0 Å². The van der Waals surface area contributed by atoms with Crippen LogP contribution in [0.2, 0.25) is 0 Å². The number of rotatable bonds is 9. The number of hydrogen-bond donors (Lipinski definition) is 1. The van der Waals surface area contributed by atoms with E-state index in [1.165, 1.54) is 5.56 Å². The fraction of sp³-hybridized carbons (Fsp3) is 0.667. The summed E-state index contributed by atoms with van der Waals surface area (Å²) >= 11 is 0. The number of carboxylic acids is 1. The van der Waals surface area contributed by atoms with Gasteiger partial charge in [-0.15, -0.1) is 0 Å². The number of aliphatic carboxylic acids is 1. The molecule has 1 N–H and O–H groups in total. The molecule has 5 heteroatoms. The molecular weight excluding hydrogens is 326 g/mol. The van der Waals surface area contributed by atoms with E-state index in [0.29, 0.717) is 6.04 Å². The second-order valence-electron chi connectivity index (χ2n) is 8.64. The molecule has 1 fully saturated rings. The molecule has 1 aliphatic rings. The van der Waals surface area contributed by atoms with Gasteiger partial charge in [0.2, 0.25) is 0 Å². The van der Waals surface area contributed by atoms with Gasteiger partial charge in [-0.05, 0) is 51.0 Å². The van der Waals surface area contributed by atoms with Crippen LogP contribution in [-0.4, -0.2) is 78.6 Å². The maximum Gasteiger partial charge on any atom is 0.317 e. The first-order valence-corrected chi connectivity index (χ1v) is 9.62. The van der Waals surface area contributed by atoms with E-state index < -0.39 is 5.97 Å². The molecule has 1 aromatic carbocycles. The average molecular weight is 362 g/mol. The van der Waals surface area contributed by atoms with E-state index in [4.69, 9.17) is 5.11 Å². The van der Waals surface area contributed by atoms with Crippen molar-refractivity contribution in [1.29, 1.82) is 0 Å². The first-order chi connectivity index (χ1) is 12.2. The zero-order valence-electron chi connectivity index (χ0n) is 16.8. The van der Waals surface area contributed by atoms with E-state index in [9.17, 15) is 4.79 Å². The fourth-order valence-corrected chi connectivity index (χ4v) is 4.20. The smallest absolute Gasteiger partial charge is 0.317 e. The number of hydrogen-bond acceptors (Lipinski definition) is 4. The molecule has 1 aliphatic heterocycles. The quantitative estimate of drug-likeness (QED) is 0.733. The SMILES string of the molecule is CN(Cc1ccccc1)CC(C)(C)CN1CCC(N(C)CC(=O)O)CC1. The molecule has 1 aromatic rings. The summed E-state index contributed by atoms with van der Waals surface area (Å²) in [7, 11) is 4.12. The van der Waals surface area contributed by atoms with Gasteiger partial charge in [0.1, 0.15) is 0 Å². The highest BCUT2D eigenvalue weighted by Gasteiger charge is 2.28. The molecule has 26 heavy (non-hydrogen) atoms. The van der Waals surface area contributed by atoms with Crippen LogP contribution < -0.4 is 0 Å². The van der Waals surface area contributed by atoms with E-state index >= 15 is 0 Å². The van der Waals surface area contributed by atoms with Crippen LogP contribution in [0.5, 0.6) is 0 Å². The van der Waals surface area contributed by atoms with Crippen molar-refractivity contribution in [2.24, 2.45) is 5.41 Å². The topological polar surface area (TPSA) is 47.0 Å². The van der Waals surface area contributed by atoms with E-state index in [-0.39, 0.29) is 12.0 Å². The molecule has 5 nitrogen and oxygen atoms in total. The lowest BCUT2D eigenvalue weighted by Gasteiger charge is -2.40. The Morgan fingerprint density at radius 2 is 1.81 bits per heavy atom. The summed E-state index contributed by atoms with van der Waals surface area (Å²) in [6.07, 6.45) is 2.11. The number of likely N-dealkylation sites (N-methyl/N-ethyl adjacent to an activating group) is 1. The van der Waals surface area contributed by atoms with E-state index in [0.717, 1.165) is 45.6 Å². The molecule has 0 atom stereocenters. The molecule has 0 bridgehead atoms. The van der Waals surface area contributed by atoms with Gasteiger partial charge in [-0.3, -0.25) is 9.69 Å². The van der Waals surface area contributed by atoms with Gasteiger partial charge in [-0.2, -0.15) is 0 Å². The van der Waals surface area contributed by atoms with Crippen molar-refractivity contribution in [3.8, 4) is 0 Å². The molecule has 2 rings (SSSR count). The number of nitrogens with zero attached hydrogens (tertiary/aromatic N) is 3. The lowest BCUT2D eigenvalue weighted by molar-refractivity contribution is -0.138. The summed E-state index contributed by atoms with van der Waals surface area (Å²) in [5.41, 5.74) is 1.58. The molecule has 0 saturated carbocycles. The molecule has 0 radical (unpaired) electrons. The van der Waals surface area contributed by atoms with Crippen molar-refractivity contribution in [2.45, 2.75) is 39.3 Å². The third kappa shape index (κ3) is 7.06. The summed E-state index contributed by atoms with van der Waals surface area (Å²) < 4.78 is 0. The highest BCUT2D eigenvalue weighted by atomic mass is 16.4. The Morgan fingerprint density at radius 1 is 1.19 bits per heavy atom. The first kappa shape index (κ1) is 20.9. The van der Waals surface area contributed by atoms with Gasteiger partial charge in [0.15, 0.2) is 0 Å². The third-order valence-corrected chi connectivity index (χ3v) is 5.21. The Balaban J connectivity index is 1.76. The second kappa shape index (κ2) is 9.49. The van der Waals surface area contributed by atoms with Crippen LogP contribution >= 0.6 is 0 Å². The largest absolute Gasteiger partial charge is 0.480 e. The van der Waals surface area contributed by atoms with Gasteiger partial charge >= 0.3 is 5.97 Å². The van der Waals surface area contributed by atoms with Crippen LogP contribution in [0.1, 0.15) is 32.3 Å². The number of carboxylic acid groups (broad SMARTS) is 1. The Kier molecular flexibility index (Phi) is 7.62. The highest BCUT2D eigenvalue weighted by molar-refractivity contribution is 5.69. The Hall–Kier alpha value is -1.43. The van der Waals surface area contributed by atoms with E-state index in [2.05, 4.69) is 61.0 Å². The van der Waals surface area contributed by atoms with Crippen LogP contribution in [-0.2, 0) is 11.3 Å². The normalized spacial score (nSPS) is 17.2. The lowest BCUT2D eigenvalue weighted by atomic mass is 9.90. The zero-order valence-corrected chi connectivity index (χ0v) is 16.8. The van der Waals surface area contributed by atoms with Gasteiger partial charge in [0.25, 0.3) is 0 Å². The summed E-state index contributed by atoms with van der Waals surface area (Å²) in [6, 6.07) is 11.0. The van der Waals surface area contributed by atoms with Gasteiger partial charge in [-0.25, -0.2) is 0 Å². The van der Waals surface area contributed by atoms with Crippen molar-refractivity contribution >= 4 is 5.97 Å². The highest BCUT2D eigenvalue weighted by Crippen LogP contribution is 2.23. The maximum absolute atomic E-state index is 10.9. The van der Waals surface area contributed by atoms with Crippen molar-refractivity contribution in [1.82, 2.24) is 14.7 Å². The predicted molar refractivity (Wildman–Crippen MR) is 106 cm³/mol. The van der Waals surface area contributed by atoms with Crippen LogP contribution in [0, 0.1) is 5.41 Å². The summed E-state index contributed by atoms with van der Waals surface area (Å²) in [6.45, 7) is 10.1. The fourth-order valence-electron chi connectivity index (χ4n) is 4.20. The lowest BCUT2D eigenvalue weighted by Crippen LogP contribution is -2.48. The number of benzene rings is 1. The van der Waals surface area contributed by atoms with Gasteiger partial charge in [-0.1, -0.05) is 44.2 Å². The van der Waals surface area contributed by atoms with Crippen LogP contribution in [0.3, 0.4) is 0 Å². The molecule has 0 spiro atoms. The summed E-state index contributed by atoms with van der Waals surface area (Å²) in [5, 5.41) is 8.95. The van der Waals surface area contributed by atoms with E-state index in [1.807, 2.05) is 11.9 Å². The zero-order chi connectivity index (χ0) is 19.2. The standard InChI is InChI=1S/C21H35N3O2/c1-21(2,16-22(3)14-18-8-6-5-7-9-18)17-24-12-10-19(11-13-24)23(4)15-20(25)26/h5-9,19H,10-17H2,1-4H3,(H,25,26). The molecule has 0 aromatic heterocycles. The average Bonchev–Trinajstić information content (AvgIpc) is 2.54. The minimum absolute atomic E-state index is 0.139. The van der Waals surface area contributed by atoms with Crippen molar-refractivity contribution in [2.75, 3.05) is 46.8 Å². The number of carbonyl (C=O) groups is 1. The van der Waals surface area contributed by atoms with Crippen molar-refractivity contribution in [3.05, 3.63) is 35.9 Å². The number of piperidine rings is 1. The Labute approximate surface area is 158 Å². The Bertz CT molecular complexity index is 554. The minimum atomic E-state index is -0.738. The predicted octanol–water partition coefficient (Wildman–Crippen LogP) is 2.63.